The Morgan fingerprint density at radius 2 is 1.00 bits per heavy atom. The molecule has 0 bridgehead atoms. The molecule has 0 aliphatic rings. The van der Waals surface area contributed by atoms with Crippen LogP contribution in [0.2, 0.25) is 0 Å². The molecule has 0 saturated carbocycles. The molecule has 0 aliphatic heterocycles. The summed E-state index contributed by atoms with van der Waals surface area (Å²) in [4.78, 5) is 0. The second-order valence-electron chi connectivity index (χ2n) is 5.00. The van der Waals surface area contributed by atoms with E-state index in [2.05, 4.69) is 58.2 Å². The molecule has 0 aromatic carbocycles. The molecule has 0 amide bonds. The number of aromatic nitrogens is 2. The SMILES string of the molecule is NCc1cc[n+](CCCC[n+]2ccc(CN)cc2)cc1. The highest BCUT2D eigenvalue weighted by atomic mass is 14.9. The predicted octanol–water partition coefficient (Wildman–Crippen LogP) is 0.659. The van der Waals surface area contributed by atoms with Crippen LogP contribution in [-0.4, -0.2) is 0 Å². The fraction of sp³-hybridized carbons (Fsp3) is 0.375. The largest absolute Gasteiger partial charge is 0.326 e. The lowest BCUT2D eigenvalue weighted by atomic mass is 10.2. The molecule has 2 aromatic heterocycles. The van der Waals surface area contributed by atoms with Gasteiger partial charge in [-0.3, -0.25) is 0 Å². The average molecular weight is 272 g/mol. The van der Waals surface area contributed by atoms with Crippen LogP contribution in [0, 0.1) is 0 Å². The third-order valence-corrected chi connectivity index (χ3v) is 3.47. The summed E-state index contributed by atoms with van der Waals surface area (Å²) in [5.41, 5.74) is 13.5. The van der Waals surface area contributed by atoms with Crippen LogP contribution in [0.1, 0.15) is 24.0 Å². The third kappa shape index (κ3) is 4.40. The number of hydrogen-bond acceptors (Lipinski definition) is 2. The lowest BCUT2D eigenvalue weighted by Gasteiger charge is -1.99. The molecule has 0 unspecified atom stereocenters. The molecule has 0 aliphatic carbocycles. The molecule has 106 valence electrons. The van der Waals surface area contributed by atoms with Crippen molar-refractivity contribution in [2.24, 2.45) is 11.5 Å². The maximum Gasteiger partial charge on any atom is 0.169 e. The molecule has 0 saturated heterocycles. The summed E-state index contributed by atoms with van der Waals surface area (Å²) in [6, 6.07) is 8.33. The zero-order valence-electron chi connectivity index (χ0n) is 11.9. The zero-order chi connectivity index (χ0) is 14.2. The van der Waals surface area contributed by atoms with Crippen molar-refractivity contribution in [3.05, 3.63) is 60.2 Å². The highest BCUT2D eigenvalue weighted by Crippen LogP contribution is 1.95. The van der Waals surface area contributed by atoms with Gasteiger partial charge >= 0.3 is 0 Å². The quantitative estimate of drug-likeness (QED) is 0.574. The van der Waals surface area contributed by atoms with Gasteiger partial charge in [-0.25, -0.2) is 9.13 Å². The lowest BCUT2D eigenvalue weighted by molar-refractivity contribution is -0.708. The highest BCUT2D eigenvalue weighted by molar-refractivity contribution is 5.06. The van der Waals surface area contributed by atoms with Gasteiger partial charge in [0.25, 0.3) is 0 Å². The van der Waals surface area contributed by atoms with Crippen molar-refractivity contribution in [3.63, 3.8) is 0 Å². The van der Waals surface area contributed by atoms with Crippen molar-refractivity contribution in [1.29, 1.82) is 0 Å². The second-order valence-corrected chi connectivity index (χ2v) is 5.00. The number of hydrogen-bond donors (Lipinski definition) is 2. The van der Waals surface area contributed by atoms with E-state index in [9.17, 15) is 0 Å². The number of nitrogens with two attached hydrogens (primary N) is 2. The van der Waals surface area contributed by atoms with Gasteiger partial charge in [-0.1, -0.05) is 0 Å². The van der Waals surface area contributed by atoms with Crippen molar-refractivity contribution in [2.45, 2.75) is 39.0 Å². The average Bonchev–Trinajstić information content (AvgIpc) is 2.53. The molecule has 0 spiro atoms. The van der Waals surface area contributed by atoms with Gasteiger partial charge < -0.3 is 11.5 Å². The van der Waals surface area contributed by atoms with Gasteiger partial charge in [0.1, 0.15) is 13.1 Å². The van der Waals surface area contributed by atoms with Crippen LogP contribution >= 0.6 is 0 Å². The smallest absolute Gasteiger partial charge is 0.169 e. The summed E-state index contributed by atoms with van der Waals surface area (Å²) in [6.45, 7) is 3.31. The predicted molar refractivity (Wildman–Crippen MR) is 78.3 cm³/mol. The fourth-order valence-corrected chi connectivity index (χ4v) is 2.14. The number of pyridine rings is 2. The molecule has 4 heteroatoms. The first kappa shape index (κ1) is 14.6. The fourth-order valence-electron chi connectivity index (χ4n) is 2.14. The summed E-state index contributed by atoms with van der Waals surface area (Å²) < 4.78 is 4.42. The van der Waals surface area contributed by atoms with E-state index in [1.165, 1.54) is 11.1 Å². The van der Waals surface area contributed by atoms with Crippen molar-refractivity contribution < 1.29 is 9.13 Å². The Bertz CT molecular complexity index is 456. The Morgan fingerprint density at radius 1 is 0.650 bits per heavy atom. The molecule has 2 rings (SSSR count). The molecule has 2 aromatic rings. The van der Waals surface area contributed by atoms with E-state index in [0.717, 1.165) is 25.9 Å². The second kappa shape index (κ2) is 7.72. The first-order valence-electron chi connectivity index (χ1n) is 7.18. The number of unbranched alkanes of at least 4 members (excludes halogenated alkanes) is 1. The van der Waals surface area contributed by atoms with Crippen LogP contribution in [0.4, 0.5) is 0 Å². The standard InChI is InChI=1S/C16H24N4/c17-13-15-3-9-19(10-4-15)7-1-2-8-20-11-5-16(14-18)6-12-20/h3-6,9-12H,1-2,7-8,13-14,17-18H2/q+2. The Balaban J connectivity index is 1.72. The van der Waals surface area contributed by atoms with Gasteiger partial charge in [0, 0.05) is 50.2 Å². The van der Waals surface area contributed by atoms with E-state index in [1.807, 2.05) is 0 Å². The Hall–Kier alpha value is -1.78. The van der Waals surface area contributed by atoms with Crippen molar-refractivity contribution >= 4 is 0 Å². The molecule has 4 N–H and O–H groups in total. The number of aryl methyl sites for hydroxylation is 2. The van der Waals surface area contributed by atoms with Gasteiger partial charge in [0.15, 0.2) is 24.8 Å². The summed E-state index contributed by atoms with van der Waals surface area (Å²) in [5.74, 6) is 0. The normalized spacial score (nSPS) is 10.7. The maximum absolute atomic E-state index is 5.59. The first-order valence-corrected chi connectivity index (χ1v) is 7.18. The highest BCUT2D eigenvalue weighted by Gasteiger charge is 2.03. The van der Waals surface area contributed by atoms with E-state index in [1.54, 1.807) is 0 Å². The minimum Gasteiger partial charge on any atom is -0.326 e. The maximum atomic E-state index is 5.59. The molecule has 0 atom stereocenters. The summed E-state index contributed by atoms with van der Waals surface area (Å²) >= 11 is 0. The molecule has 20 heavy (non-hydrogen) atoms. The van der Waals surface area contributed by atoms with E-state index >= 15 is 0 Å². The molecular weight excluding hydrogens is 248 g/mol. The monoisotopic (exact) mass is 272 g/mol. The minimum atomic E-state index is 0.607. The molecular formula is C16H24N4+2. The molecule has 0 radical (unpaired) electrons. The number of rotatable bonds is 7. The summed E-state index contributed by atoms with van der Waals surface area (Å²) in [6.07, 6.45) is 10.7. The third-order valence-electron chi connectivity index (χ3n) is 3.47. The summed E-state index contributed by atoms with van der Waals surface area (Å²) in [7, 11) is 0. The van der Waals surface area contributed by atoms with Crippen molar-refractivity contribution in [2.75, 3.05) is 0 Å². The van der Waals surface area contributed by atoms with E-state index in [4.69, 9.17) is 11.5 Å². The Morgan fingerprint density at radius 3 is 1.30 bits per heavy atom. The van der Waals surface area contributed by atoms with Gasteiger partial charge in [-0.15, -0.1) is 0 Å². The first-order chi connectivity index (χ1) is 9.81. The zero-order valence-corrected chi connectivity index (χ0v) is 11.9. The molecule has 4 nitrogen and oxygen atoms in total. The van der Waals surface area contributed by atoms with E-state index in [-0.39, 0.29) is 0 Å². The van der Waals surface area contributed by atoms with Crippen LogP contribution in [0.5, 0.6) is 0 Å². The van der Waals surface area contributed by atoms with Crippen LogP contribution in [0.25, 0.3) is 0 Å². The van der Waals surface area contributed by atoms with Crippen LogP contribution in [0.15, 0.2) is 49.1 Å². The number of nitrogens with zero attached hydrogens (tertiary/aromatic N) is 2. The molecule has 2 heterocycles. The lowest BCUT2D eigenvalue weighted by Crippen LogP contribution is -2.35. The van der Waals surface area contributed by atoms with Crippen molar-refractivity contribution in [3.8, 4) is 0 Å². The van der Waals surface area contributed by atoms with E-state index < -0.39 is 0 Å². The van der Waals surface area contributed by atoms with Gasteiger partial charge in [-0.05, 0) is 11.1 Å². The minimum absolute atomic E-state index is 0.607. The van der Waals surface area contributed by atoms with Crippen molar-refractivity contribution in [1.82, 2.24) is 0 Å². The van der Waals surface area contributed by atoms with Crippen LogP contribution in [0.3, 0.4) is 0 Å². The van der Waals surface area contributed by atoms with E-state index in [0.29, 0.717) is 13.1 Å². The topological polar surface area (TPSA) is 59.8 Å². The van der Waals surface area contributed by atoms with Gasteiger partial charge in [-0.2, -0.15) is 0 Å². The Labute approximate surface area is 120 Å². The summed E-state index contributed by atoms with van der Waals surface area (Å²) in [5, 5.41) is 0. The van der Waals surface area contributed by atoms with Crippen LogP contribution in [-0.2, 0) is 26.2 Å². The van der Waals surface area contributed by atoms with Gasteiger partial charge in [0.2, 0.25) is 0 Å². The Kier molecular flexibility index (Phi) is 5.65. The van der Waals surface area contributed by atoms with Crippen LogP contribution < -0.4 is 20.6 Å². The molecule has 0 fully saturated rings. The van der Waals surface area contributed by atoms with Gasteiger partial charge in [0.05, 0.1) is 0 Å².